The molecular formula is C16H16ClN3O4. The number of carbonyl (C=O) groups excluding carboxylic acids is 1. The third-order valence-electron chi connectivity index (χ3n) is 3.39. The van der Waals surface area contributed by atoms with Gasteiger partial charge >= 0.3 is 5.97 Å². The minimum atomic E-state index is -0.722. The highest BCUT2D eigenvalue weighted by Gasteiger charge is 2.21. The smallest absolute Gasteiger partial charge is 0.339 e. The van der Waals surface area contributed by atoms with Crippen LogP contribution in [0.1, 0.15) is 21.6 Å². The fourth-order valence-corrected chi connectivity index (χ4v) is 2.35. The number of methoxy groups -OCH3 is 1. The molecule has 1 aromatic carbocycles. The topological polar surface area (TPSA) is 94.4 Å². The highest BCUT2D eigenvalue weighted by atomic mass is 35.5. The summed E-state index contributed by atoms with van der Waals surface area (Å²) in [5.74, 6) is -0.722. The van der Waals surface area contributed by atoms with E-state index in [1.165, 1.54) is 13.2 Å². The minimum absolute atomic E-state index is 0.0425. The number of nitrogens with one attached hydrogen (secondary N) is 1. The van der Waals surface area contributed by atoms with Crippen LogP contribution in [0.4, 0.5) is 11.4 Å². The van der Waals surface area contributed by atoms with E-state index in [4.69, 9.17) is 11.6 Å². The van der Waals surface area contributed by atoms with Crippen LogP contribution < -0.4 is 5.32 Å². The molecule has 0 saturated heterocycles. The molecule has 8 heteroatoms. The number of anilines is 1. The van der Waals surface area contributed by atoms with Crippen molar-refractivity contribution < 1.29 is 14.5 Å². The highest BCUT2D eigenvalue weighted by Crippen LogP contribution is 2.31. The van der Waals surface area contributed by atoms with Crippen molar-refractivity contribution in [1.29, 1.82) is 0 Å². The van der Waals surface area contributed by atoms with Gasteiger partial charge in [-0.25, -0.2) is 4.79 Å². The number of rotatable bonds is 6. The Morgan fingerprint density at radius 1 is 1.42 bits per heavy atom. The zero-order valence-corrected chi connectivity index (χ0v) is 14.0. The van der Waals surface area contributed by atoms with Crippen molar-refractivity contribution in [3.8, 4) is 0 Å². The summed E-state index contributed by atoms with van der Waals surface area (Å²) >= 11 is 6.02. The Hall–Kier alpha value is -2.67. The first-order valence-electron chi connectivity index (χ1n) is 7.14. The average molecular weight is 350 g/mol. The molecule has 1 aromatic heterocycles. The predicted octanol–water partition coefficient (Wildman–Crippen LogP) is 3.39. The molecule has 1 heterocycles. The summed E-state index contributed by atoms with van der Waals surface area (Å²) in [6.45, 7) is 2.36. The first-order valence-corrected chi connectivity index (χ1v) is 7.52. The largest absolute Gasteiger partial charge is 0.465 e. The SMILES string of the molecule is COC(=O)c1cc([N+](=O)[O-])c(NCCc2ccc(C)nc2)cc1Cl. The van der Waals surface area contributed by atoms with Gasteiger partial charge in [-0.3, -0.25) is 15.1 Å². The maximum Gasteiger partial charge on any atom is 0.339 e. The third-order valence-corrected chi connectivity index (χ3v) is 3.70. The summed E-state index contributed by atoms with van der Waals surface area (Å²) in [7, 11) is 1.19. The molecule has 7 nitrogen and oxygen atoms in total. The van der Waals surface area contributed by atoms with Gasteiger partial charge in [-0.15, -0.1) is 0 Å². The van der Waals surface area contributed by atoms with Crippen LogP contribution in [-0.4, -0.2) is 29.5 Å². The van der Waals surface area contributed by atoms with E-state index in [-0.39, 0.29) is 22.0 Å². The molecule has 0 saturated carbocycles. The molecule has 0 bridgehead atoms. The summed E-state index contributed by atoms with van der Waals surface area (Å²) < 4.78 is 4.57. The Bertz CT molecular complexity index is 763. The number of hydrogen-bond donors (Lipinski definition) is 1. The maximum absolute atomic E-state index is 11.6. The second kappa shape index (κ2) is 7.74. The van der Waals surface area contributed by atoms with Gasteiger partial charge in [0.25, 0.3) is 5.69 Å². The maximum atomic E-state index is 11.6. The van der Waals surface area contributed by atoms with Crippen molar-refractivity contribution in [2.45, 2.75) is 13.3 Å². The van der Waals surface area contributed by atoms with Crippen molar-refractivity contribution in [2.24, 2.45) is 0 Å². The lowest BCUT2D eigenvalue weighted by molar-refractivity contribution is -0.384. The number of nitro groups is 1. The fraction of sp³-hybridized carbons (Fsp3) is 0.250. The number of nitro benzene ring substituents is 1. The number of benzene rings is 1. The van der Waals surface area contributed by atoms with E-state index in [0.29, 0.717) is 13.0 Å². The van der Waals surface area contributed by atoms with Gasteiger partial charge in [0.15, 0.2) is 0 Å². The normalized spacial score (nSPS) is 10.3. The van der Waals surface area contributed by atoms with E-state index in [0.717, 1.165) is 17.3 Å². The lowest BCUT2D eigenvalue weighted by Gasteiger charge is -2.10. The van der Waals surface area contributed by atoms with E-state index in [1.54, 1.807) is 6.20 Å². The van der Waals surface area contributed by atoms with Gasteiger partial charge in [0, 0.05) is 24.5 Å². The summed E-state index contributed by atoms with van der Waals surface area (Å²) in [6, 6.07) is 6.33. The van der Waals surface area contributed by atoms with Gasteiger partial charge in [-0.2, -0.15) is 0 Å². The molecule has 0 atom stereocenters. The van der Waals surface area contributed by atoms with Crippen LogP contribution in [0.15, 0.2) is 30.5 Å². The lowest BCUT2D eigenvalue weighted by Crippen LogP contribution is -2.09. The number of ether oxygens (including phenoxy) is 1. The van der Waals surface area contributed by atoms with Crippen LogP contribution in [0, 0.1) is 17.0 Å². The molecular weight excluding hydrogens is 334 g/mol. The van der Waals surface area contributed by atoms with Crippen molar-refractivity contribution in [3.05, 3.63) is 62.4 Å². The molecule has 0 amide bonds. The lowest BCUT2D eigenvalue weighted by atomic mass is 10.1. The molecule has 0 unspecified atom stereocenters. The standard InChI is InChI=1S/C16H16ClN3O4/c1-10-3-4-11(9-19-10)5-6-18-14-8-13(17)12(16(21)24-2)7-15(14)20(22)23/h3-4,7-9,18H,5-6H2,1-2H3. The summed E-state index contributed by atoms with van der Waals surface area (Å²) in [5, 5.41) is 14.3. The Kier molecular flexibility index (Phi) is 5.70. The van der Waals surface area contributed by atoms with Gasteiger partial charge in [-0.1, -0.05) is 17.7 Å². The number of aryl methyl sites for hydroxylation is 1. The van der Waals surface area contributed by atoms with Crippen LogP contribution >= 0.6 is 11.6 Å². The Morgan fingerprint density at radius 2 is 2.17 bits per heavy atom. The number of esters is 1. The second-order valence-corrected chi connectivity index (χ2v) is 5.49. The van der Waals surface area contributed by atoms with Crippen LogP contribution in [-0.2, 0) is 11.2 Å². The van der Waals surface area contributed by atoms with Crippen molar-refractivity contribution in [2.75, 3.05) is 19.0 Å². The molecule has 0 aliphatic heterocycles. The van der Waals surface area contributed by atoms with Crippen LogP contribution in [0.5, 0.6) is 0 Å². The van der Waals surface area contributed by atoms with Crippen molar-refractivity contribution in [3.63, 3.8) is 0 Å². The second-order valence-electron chi connectivity index (χ2n) is 5.08. The van der Waals surface area contributed by atoms with Crippen LogP contribution in [0.25, 0.3) is 0 Å². The Balaban J connectivity index is 2.16. The first kappa shape index (κ1) is 17.7. The van der Waals surface area contributed by atoms with E-state index in [9.17, 15) is 14.9 Å². The first-order chi connectivity index (χ1) is 11.4. The molecule has 0 fully saturated rings. The molecule has 2 aromatic rings. The van der Waals surface area contributed by atoms with Crippen molar-refractivity contribution in [1.82, 2.24) is 4.98 Å². The predicted molar refractivity (Wildman–Crippen MR) is 90.6 cm³/mol. The molecule has 126 valence electrons. The van der Waals surface area contributed by atoms with E-state index >= 15 is 0 Å². The highest BCUT2D eigenvalue weighted by molar-refractivity contribution is 6.34. The van der Waals surface area contributed by atoms with Gasteiger partial charge in [-0.05, 0) is 31.0 Å². The summed E-state index contributed by atoms with van der Waals surface area (Å²) in [4.78, 5) is 26.4. The number of nitrogens with zero attached hydrogens (tertiary/aromatic N) is 2. The molecule has 24 heavy (non-hydrogen) atoms. The minimum Gasteiger partial charge on any atom is -0.465 e. The van der Waals surface area contributed by atoms with Gasteiger partial charge in [0.05, 0.1) is 22.6 Å². The number of hydrogen-bond acceptors (Lipinski definition) is 6. The molecule has 1 N–H and O–H groups in total. The van der Waals surface area contributed by atoms with E-state index in [1.807, 2.05) is 19.1 Å². The molecule has 0 radical (unpaired) electrons. The molecule has 0 spiro atoms. The monoisotopic (exact) mass is 349 g/mol. The quantitative estimate of drug-likeness (QED) is 0.488. The summed E-state index contributed by atoms with van der Waals surface area (Å²) in [6.07, 6.45) is 2.40. The van der Waals surface area contributed by atoms with Gasteiger partial charge in [0.1, 0.15) is 5.69 Å². The van der Waals surface area contributed by atoms with Gasteiger partial charge < -0.3 is 10.1 Å². The average Bonchev–Trinajstić information content (AvgIpc) is 2.56. The molecule has 0 aliphatic rings. The van der Waals surface area contributed by atoms with E-state index < -0.39 is 10.9 Å². The van der Waals surface area contributed by atoms with Crippen molar-refractivity contribution >= 4 is 28.9 Å². The Labute approximate surface area is 143 Å². The number of pyridine rings is 1. The van der Waals surface area contributed by atoms with Crippen LogP contribution in [0.3, 0.4) is 0 Å². The number of halogens is 1. The zero-order valence-electron chi connectivity index (χ0n) is 13.2. The number of aromatic nitrogens is 1. The Morgan fingerprint density at radius 3 is 2.75 bits per heavy atom. The fourth-order valence-electron chi connectivity index (χ4n) is 2.11. The summed E-state index contributed by atoms with van der Waals surface area (Å²) in [5.41, 5.74) is 1.90. The van der Waals surface area contributed by atoms with E-state index in [2.05, 4.69) is 15.0 Å². The number of carbonyl (C=O) groups is 1. The van der Waals surface area contributed by atoms with Gasteiger partial charge in [0.2, 0.25) is 0 Å². The zero-order chi connectivity index (χ0) is 17.7. The van der Waals surface area contributed by atoms with Crippen LogP contribution in [0.2, 0.25) is 5.02 Å². The molecule has 0 aliphatic carbocycles. The third kappa shape index (κ3) is 4.20. The molecule has 2 rings (SSSR count).